The molecular weight excluding hydrogens is 311 g/mol. The van der Waals surface area contributed by atoms with Crippen molar-refractivity contribution in [1.29, 1.82) is 0 Å². The van der Waals surface area contributed by atoms with Gasteiger partial charge in [-0.3, -0.25) is 4.79 Å². The lowest BCUT2D eigenvalue weighted by molar-refractivity contribution is -0.131. The van der Waals surface area contributed by atoms with Crippen molar-refractivity contribution in [3.8, 4) is 0 Å². The van der Waals surface area contributed by atoms with Gasteiger partial charge < -0.3 is 0 Å². The summed E-state index contributed by atoms with van der Waals surface area (Å²) in [5.41, 5.74) is 1.90. The van der Waals surface area contributed by atoms with Gasteiger partial charge in [-0.1, -0.05) is 73.4 Å². The van der Waals surface area contributed by atoms with Gasteiger partial charge in [0.1, 0.15) is 11.6 Å². The number of aryl methyl sites for hydroxylation is 2. The Balaban J connectivity index is 2.92. The smallest absolute Gasteiger partial charge is 0.139 e. The first-order valence-corrected chi connectivity index (χ1v) is 9.92. The molecule has 1 nitrogen and oxygen atoms in total. The zero-order valence-electron chi connectivity index (χ0n) is 17.3. The van der Waals surface area contributed by atoms with Crippen molar-refractivity contribution in [1.82, 2.24) is 0 Å². The number of carbonyl (C=O) groups excluding carboxylic acids is 1. The highest BCUT2D eigenvalue weighted by atomic mass is 19.1. The summed E-state index contributed by atoms with van der Waals surface area (Å²) < 4.78 is 13.7. The SMILES string of the molecule is CCCC(C)C(CCc1ccc(F)c(CC)c1)C(=O)C(C)C(C)(C)C. The highest BCUT2D eigenvalue weighted by molar-refractivity contribution is 5.84. The van der Waals surface area contributed by atoms with E-state index >= 15 is 0 Å². The van der Waals surface area contributed by atoms with Gasteiger partial charge in [0.2, 0.25) is 0 Å². The average Bonchev–Trinajstić information content (AvgIpc) is 2.54. The average molecular weight is 349 g/mol. The van der Waals surface area contributed by atoms with Gasteiger partial charge in [0.25, 0.3) is 0 Å². The zero-order chi connectivity index (χ0) is 19.2. The second-order valence-electron chi connectivity index (χ2n) is 8.68. The molecule has 0 radical (unpaired) electrons. The summed E-state index contributed by atoms with van der Waals surface area (Å²) in [5, 5.41) is 0. The van der Waals surface area contributed by atoms with E-state index in [-0.39, 0.29) is 23.1 Å². The van der Waals surface area contributed by atoms with Crippen LogP contribution in [0.15, 0.2) is 18.2 Å². The van der Waals surface area contributed by atoms with Crippen LogP contribution in [0.25, 0.3) is 0 Å². The molecule has 3 unspecified atom stereocenters. The van der Waals surface area contributed by atoms with Crippen LogP contribution in [0.4, 0.5) is 4.39 Å². The van der Waals surface area contributed by atoms with Crippen molar-refractivity contribution >= 4 is 5.78 Å². The standard InChI is InChI=1S/C23H37FO/c1-8-10-16(3)20(22(25)17(4)23(5,6)7)13-11-18-12-14-21(24)19(9-2)15-18/h12,14-17,20H,8-11,13H2,1-7H3. The van der Waals surface area contributed by atoms with Gasteiger partial charge in [0, 0.05) is 11.8 Å². The Labute approximate surface area is 154 Å². The number of halogens is 1. The van der Waals surface area contributed by atoms with Crippen molar-refractivity contribution in [2.45, 2.75) is 80.6 Å². The van der Waals surface area contributed by atoms with E-state index in [1.807, 2.05) is 19.1 Å². The van der Waals surface area contributed by atoms with Gasteiger partial charge in [-0.15, -0.1) is 0 Å². The lowest BCUT2D eigenvalue weighted by Crippen LogP contribution is -2.34. The van der Waals surface area contributed by atoms with E-state index in [0.717, 1.165) is 36.8 Å². The maximum Gasteiger partial charge on any atom is 0.139 e. The quantitative estimate of drug-likeness (QED) is 0.490. The number of carbonyl (C=O) groups is 1. The second kappa shape index (κ2) is 9.50. The summed E-state index contributed by atoms with van der Waals surface area (Å²) in [5.74, 6) is 0.805. The lowest BCUT2D eigenvalue weighted by Gasteiger charge is -2.32. The predicted molar refractivity (Wildman–Crippen MR) is 105 cm³/mol. The predicted octanol–water partition coefficient (Wildman–Crippen LogP) is 6.62. The van der Waals surface area contributed by atoms with Gasteiger partial charge in [-0.25, -0.2) is 4.39 Å². The minimum absolute atomic E-state index is 0.00742. The van der Waals surface area contributed by atoms with Crippen molar-refractivity contribution in [3.63, 3.8) is 0 Å². The summed E-state index contributed by atoms with van der Waals surface area (Å²) in [6.45, 7) is 14.9. The third kappa shape index (κ3) is 6.24. The minimum atomic E-state index is -0.125. The molecule has 0 aliphatic carbocycles. The summed E-state index contributed by atoms with van der Waals surface area (Å²) >= 11 is 0. The Bertz CT molecular complexity index is 556. The van der Waals surface area contributed by atoms with Crippen molar-refractivity contribution < 1.29 is 9.18 Å². The van der Waals surface area contributed by atoms with Crippen LogP contribution in [-0.2, 0) is 17.6 Å². The molecule has 0 N–H and O–H groups in total. The fraction of sp³-hybridized carbons (Fsp3) is 0.696. The molecule has 2 heteroatoms. The topological polar surface area (TPSA) is 17.1 Å². The van der Waals surface area contributed by atoms with E-state index in [0.29, 0.717) is 18.1 Å². The third-order valence-corrected chi connectivity index (χ3v) is 5.76. The van der Waals surface area contributed by atoms with Gasteiger partial charge in [-0.05, 0) is 47.8 Å². The van der Waals surface area contributed by atoms with Gasteiger partial charge in [0.05, 0.1) is 0 Å². The van der Waals surface area contributed by atoms with Crippen molar-refractivity contribution in [3.05, 3.63) is 35.1 Å². The van der Waals surface area contributed by atoms with Gasteiger partial charge in [-0.2, -0.15) is 0 Å². The van der Waals surface area contributed by atoms with E-state index in [2.05, 4.69) is 41.5 Å². The van der Waals surface area contributed by atoms with Gasteiger partial charge >= 0.3 is 0 Å². The molecule has 0 saturated carbocycles. The minimum Gasteiger partial charge on any atom is -0.299 e. The summed E-state index contributed by atoms with van der Waals surface area (Å²) in [4.78, 5) is 13.1. The second-order valence-corrected chi connectivity index (χ2v) is 8.68. The Morgan fingerprint density at radius 2 is 1.76 bits per heavy atom. The fourth-order valence-electron chi connectivity index (χ4n) is 3.49. The van der Waals surface area contributed by atoms with E-state index in [4.69, 9.17) is 0 Å². The lowest BCUT2D eigenvalue weighted by atomic mass is 9.71. The number of hydrogen-bond donors (Lipinski definition) is 0. The molecule has 3 atom stereocenters. The molecule has 25 heavy (non-hydrogen) atoms. The van der Waals surface area contributed by atoms with Gasteiger partial charge in [0.15, 0.2) is 0 Å². The van der Waals surface area contributed by atoms with Crippen LogP contribution in [-0.4, -0.2) is 5.78 Å². The molecule has 142 valence electrons. The summed E-state index contributed by atoms with van der Waals surface area (Å²) in [7, 11) is 0. The molecule has 0 saturated heterocycles. The molecule has 0 aromatic heterocycles. The first-order chi connectivity index (χ1) is 11.6. The molecule has 0 bridgehead atoms. The van der Waals surface area contributed by atoms with Crippen LogP contribution in [0.1, 0.15) is 78.9 Å². The first kappa shape index (κ1) is 21.9. The molecule has 1 aromatic carbocycles. The Morgan fingerprint density at radius 1 is 1.12 bits per heavy atom. The molecule has 0 heterocycles. The Kier molecular flexibility index (Phi) is 8.31. The fourth-order valence-corrected chi connectivity index (χ4v) is 3.49. The Hall–Kier alpha value is -1.18. The molecule has 0 fully saturated rings. The zero-order valence-corrected chi connectivity index (χ0v) is 17.3. The normalized spacial score (nSPS) is 15.7. The molecule has 0 spiro atoms. The molecule has 0 aliphatic rings. The first-order valence-electron chi connectivity index (χ1n) is 9.92. The Morgan fingerprint density at radius 3 is 2.28 bits per heavy atom. The highest BCUT2D eigenvalue weighted by Gasteiger charge is 2.34. The number of ketones is 1. The number of rotatable bonds is 9. The molecule has 1 rings (SSSR count). The molecule has 0 aliphatic heterocycles. The largest absolute Gasteiger partial charge is 0.299 e. The van der Waals surface area contributed by atoms with Crippen LogP contribution in [0.5, 0.6) is 0 Å². The van der Waals surface area contributed by atoms with Crippen LogP contribution in [0.3, 0.4) is 0 Å². The number of Topliss-reactive ketones (excluding diaryl/α,β-unsaturated/α-hetero) is 1. The van der Waals surface area contributed by atoms with E-state index in [1.165, 1.54) is 0 Å². The maximum atomic E-state index is 13.7. The van der Waals surface area contributed by atoms with Crippen LogP contribution < -0.4 is 0 Å². The van der Waals surface area contributed by atoms with Crippen molar-refractivity contribution in [2.24, 2.45) is 23.2 Å². The summed E-state index contributed by atoms with van der Waals surface area (Å²) in [6.07, 6.45) is 4.58. The third-order valence-electron chi connectivity index (χ3n) is 5.76. The van der Waals surface area contributed by atoms with Crippen LogP contribution in [0.2, 0.25) is 0 Å². The number of benzene rings is 1. The van der Waals surface area contributed by atoms with E-state index in [1.54, 1.807) is 6.07 Å². The maximum absolute atomic E-state index is 13.7. The van der Waals surface area contributed by atoms with Crippen LogP contribution >= 0.6 is 0 Å². The highest BCUT2D eigenvalue weighted by Crippen LogP contribution is 2.33. The number of hydrogen-bond acceptors (Lipinski definition) is 1. The van der Waals surface area contributed by atoms with Crippen molar-refractivity contribution in [2.75, 3.05) is 0 Å². The summed E-state index contributed by atoms with van der Waals surface area (Å²) in [6, 6.07) is 5.40. The molecular formula is C23H37FO. The van der Waals surface area contributed by atoms with E-state index in [9.17, 15) is 9.18 Å². The van der Waals surface area contributed by atoms with E-state index < -0.39 is 0 Å². The molecule has 0 amide bonds. The van der Waals surface area contributed by atoms with Crippen LogP contribution in [0, 0.1) is 29.0 Å². The molecule has 1 aromatic rings. The monoisotopic (exact) mass is 348 g/mol.